The SMILES string of the molecule is N#Cc1cc([N+](=O)[O-])ccc1NC[C@H](c1ccccc1)[NH+]1CCCC1. The third-order valence-electron chi connectivity index (χ3n) is 4.77. The van der Waals surface area contributed by atoms with Gasteiger partial charge in [-0.2, -0.15) is 5.26 Å². The number of nitriles is 1. The van der Waals surface area contributed by atoms with Gasteiger partial charge in [0.1, 0.15) is 12.1 Å². The maximum Gasteiger partial charge on any atom is 0.270 e. The quantitative estimate of drug-likeness (QED) is 0.626. The molecule has 0 spiro atoms. The summed E-state index contributed by atoms with van der Waals surface area (Å²) in [4.78, 5) is 11.9. The molecule has 0 amide bonds. The summed E-state index contributed by atoms with van der Waals surface area (Å²) in [6, 6.07) is 17.1. The summed E-state index contributed by atoms with van der Waals surface area (Å²) in [7, 11) is 0. The van der Waals surface area contributed by atoms with E-state index in [1.165, 1.54) is 30.5 Å². The van der Waals surface area contributed by atoms with Gasteiger partial charge in [0.05, 0.1) is 35.8 Å². The Morgan fingerprint density at radius 3 is 2.56 bits per heavy atom. The van der Waals surface area contributed by atoms with Crippen LogP contribution < -0.4 is 10.2 Å². The number of anilines is 1. The molecule has 0 aromatic heterocycles. The van der Waals surface area contributed by atoms with Gasteiger partial charge in [-0.05, 0) is 6.07 Å². The van der Waals surface area contributed by atoms with E-state index in [1.807, 2.05) is 18.2 Å². The molecule has 25 heavy (non-hydrogen) atoms. The molecule has 128 valence electrons. The van der Waals surface area contributed by atoms with Crippen LogP contribution in [0.25, 0.3) is 0 Å². The molecular weight excluding hydrogens is 316 g/mol. The largest absolute Gasteiger partial charge is 0.378 e. The van der Waals surface area contributed by atoms with E-state index in [1.54, 1.807) is 11.0 Å². The maximum absolute atomic E-state index is 10.9. The molecular formula is C19H21N4O2+. The number of likely N-dealkylation sites (tertiary alicyclic amines) is 1. The van der Waals surface area contributed by atoms with E-state index < -0.39 is 4.92 Å². The first-order valence-corrected chi connectivity index (χ1v) is 8.51. The van der Waals surface area contributed by atoms with Gasteiger partial charge < -0.3 is 10.2 Å². The number of quaternary nitrogens is 1. The molecule has 0 saturated carbocycles. The van der Waals surface area contributed by atoms with Crippen molar-refractivity contribution in [1.82, 2.24) is 0 Å². The van der Waals surface area contributed by atoms with E-state index in [2.05, 4.69) is 23.5 Å². The number of hydrogen-bond acceptors (Lipinski definition) is 4. The summed E-state index contributed by atoms with van der Waals surface area (Å²) >= 11 is 0. The van der Waals surface area contributed by atoms with Gasteiger partial charge in [-0.25, -0.2) is 0 Å². The van der Waals surface area contributed by atoms with Crippen molar-refractivity contribution in [2.45, 2.75) is 18.9 Å². The zero-order valence-electron chi connectivity index (χ0n) is 13.9. The van der Waals surface area contributed by atoms with Gasteiger partial charge in [0.25, 0.3) is 5.69 Å². The van der Waals surface area contributed by atoms with E-state index in [-0.39, 0.29) is 5.69 Å². The van der Waals surface area contributed by atoms with Crippen LogP contribution in [0, 0.1) is 21.4 Å². The maximum atomic E-state index is 10.9. The van der Waals surface area contributed by atoms with Crippen molar-refractivity contribution in [3.05, 3.63) is 69.8 Å². The lowest BCUT2D eigenvalue weighted by molar-refractivity contribution is -0.917. The zero-order chi connectivity index (χ0) is 17.6. The highest BCUT2D eigenvalue weighted by molar-refractivity contribution is 5.61. The van der Waals surface area contributed by atoms with Crippen molar-refractivity contribution in [3.8, 4) is 6.07 Å². The normalized spacial score (nSPS) is 15.5. The standard InChI is InChI=1S/C19H20N4O2/c20-13-16-12-17(23(24)25)8-9-18(16)21-14-19(22-10-4-5-11-22)15-6-2-1-3-7-15/h1-3,6-9,12,19,21H,4-5,10-11,14H2/p+1/t19-/m1/s1. The second kappa shape index (κ2) is 7.77. The molecule has 2 N–H and O–H groups in total. The Labute approximate surface area is 146 Å². The van der Waals surface area contributed by atoms with Crippen LogP contribution in [-0.2, 0) is 0 Å². The van der Waals surface area contributed by atoms with Gasteiger partial charge in [0.2, 0.25) is 0 Å². The summed E-state index contributed by atoms with van der Waals surface area (Å²) in [5.74, 6) is 0. The van der Waals surface area contributed by atoms with Gasteiger partial charge in [0, 0.05) is 30.5 Å². The van der Waals surface area contributed by atoms with Crippen molar-refractivity contribution in [3.63, 3.8) is 0 Å². The number of nitrogens with zero attached hydrogens (tertiary/aromatic N) is 2. The minimum Gasteiger partial charge on any atom is -0.378 e. The van der Waals surface area contributed by atoms with Crippen molar-refractivity contribution in [2.24, 2.45) is 0 Å². The first kappa shape index (κ1) is 16.9. The summed E-state index contributed by atoms with van der Waals surface area (Å²) in [6.07, 6.45) is 2.47. The molecule has 6 nitrogen and oxygen atoms in total. The van der Waals surface area contributed by atoms with Crippen molar-refractivity contribution < 1.29 is 9.82 Å². The first-order valence-electron chi connectivity index (χ1n) is 8.51. The molecule has 1 saturated heterocycles. The average molecular weight is 337 g/mol. The lowest BCUT2D eigenvalue weighted by Crippen LogP contribution is -3.11. The fourth-order valence-electron chi connectivity index (χ4n) is 3.47. The smallest absolute Gasteiger partial charge is 0.270 e. The second-order valence-electron chi connectivity index (χ2n) is 6.31. The lowest BCUT2D eigenvalue weighted by atomic mass is 10.0. The summed E-state index contributed by atoms with van der Waals surface area (Å²) < 4.78 is 0. The molecule has 1 aliphatic heterocycles. The Balaban J connectivity index is 1.79. The number of benzene rings is 2. The van der Waals surface area contributed by atoms with E-state index in [0.29, 0.717) is 23.8 Å². The van der Waals surface area contributed by atoms with E-state index in [4.69, 9.17) is 0 Å². The van der Waals surface area contributed by atoms with Crippen LogP contribution in [0.5, 0.6) is 0 Å². The summed E-state index contributed by atoms with van der Waals surface area (Å²) in [5.41, 5.74) is 2.16. The number of non-ortho nitro benzene ring substituents is 1. The molecule has 0 radical (unpaired) electrons. The number of hydrogen-bond donors (Lipinski definition) is 2. The third-order valence-corrected chi connectivity index (χ3v) is 4.77. The average Bonchev–Trinajstić information content (AvgIpc) is 3.17. The van der Waals surface area contributed by atoms with Crippen LogP contribution >= 0.6 is 0 Å². The number of nitro groups is 1. The van der Waals surface area contributed by atoms with Crippen LogP contribution in [0.15, 0.2) is 48.5 Å². The number of nitrogens with one attached hydrogen (secondary N) is 2. The molecule has 0 aliphatic carbocycles. The van der Waals surface area contributed by atoms with Crippen LogP contribution in [-0.4, -0.2) is 24.6 Å². The zero-order valence-corrected chi connectivity index (χ0v) is 13.9. The highest BCUT2D eigenvalue weighted by atomic mass is 16.6. The van der Waals surface area contributed by atoms with Crippen molar-refractivity contribution in [2.75, 3.05) is 25.0 Å². The van der Waals surface area contributed by atoms with Crippen LogP contribution in [0.2, 0.25) is 0 Å². The van der Waals surface area contributed by atoms with E-state index in [0.717, 1.165) is 13.1 Å². The van der Waals surface area contributed by atoms with Crippen LogP contribution in [0.3, 0.4) is 0 Å². The Bertz CT molecular complexity index is 780. The Kier molecular flexibility index (Phi) is 5.26. The number of rotatable bonds is 6. The fraction of sp³-hybridized carbons (Fsp3) is 0.316. The van der Waals surface area contributed by atoms with E-state index in [9.17, 15) is 15.4 Å². The number of nitro benzene ring substituents is 1. The molecule has 1 atom stereocenters. The highest BCUT2D eigenvalue weighted by Gasteiger charge is 2.27. The van der Waals surface area contributed by atoms with Gasteiger partial charge in [-0.3, -0.25) is 10.1 Å². The molecule has 0 unspecified atom stereocenters. The molecule has 2 aromatic carbocycles. The van der Waals surface area contributed by atoms with Gasteiger partial charge in [-0.15, -0.1) is 0 Å². The Morgan fingerprint density at radius 2 is 1.92 bits per heavy atom. The Morgan fingerprint density at radius 1 is 1.20 bits per heavy atom. The third kappa shape index (κ3) is 3.95. The molecule has 0 bridgehead atoms. The molecule has 1 heterocycles. The van der Waals surface area contributed by atoms with E-state index >= 15 is 0 Å². The molecule has 6 heteroatoms. The fourth-order valence-corrected chi connectivity index (χ4v) is 3.47. The topological polar surface area (TPSA) is 83.4 Å². The monoisotopic (exact) mass is 337 g/mol. The molecule has 2 aromatic rings. The van der Waals surface area contributed by atoms with Gasteiger partial charge in [0.15, 0.2) is 0 Å². The second-order valence-corrected chi connectivity index (χ2v) is 6.31. The molecule has 1 aliphatic rings. The summed E-state index contributed by atoms with van der Waals surface area (Å²) in [5, 5.41) is 23.5. The van der Waals surface area contributed by atoms with Crippen molar-refractivity contribution >= 4 is 11.4 Å². The van der Waals surface area contributed by atoms with Crippen molar-refractivity contribution in [1.29, 1.82) is 5.26 Å². The minimum absolute atomic E-state index is 0.0631. The predicted molar refractivity (Wildman–Crippen MR) is 95.4 cm³/mol. The van der Waals surface area contributed by atoms with Gasteiger partial charge >= 0.3 is 0 Å². The highest BCUT2D eigenvalue weighted by Crippen LogP contribution is 2.22. The first-order chi connectivity index (χ1) is 12.2. The van der Waals surface area contributed by atoms with Crippen LogP contribution in [0.4, 0.5) is 11.4 Å². The lowest BCUT2D eigenvalue weighted by Gasteiger charge is -2.26. The molecule has 1 fully saturated rings. The van der Waals surface area contributed by atoms with Gasteiger partial charge in [-0.1, -0.05) is 30.3 Å². The molecule has 3 rings (SSSR count). The minimum atomic E-state index is -0.480. The predicted octanol–water partition coefficient (Wildman–Crippen LogP) is 2.30. The summed E-state index contributed by atoms with van der Waals surface area (Å²) in [6.45, 7) is 2.98. The van der Waals surface area contributed by atoms with Crippen LogP contribution in [0.1, 0.15) is 30.0 Å². The Hall–Kier alpha value is -2.91.